The summed E-state index contributed by atoms with van der Waals surface area (Å²) in [6, 6.07) is 9.60. The van der Waals surface area contributed by atoms with Crippen LogP contribution in [0.4, 0.5) is 9.18 Å². The molecule has 3 aromatic rings. The number of amides is 3. The third-order valence-corrected chi connectivity index (χ3v) is 6.02. The van der Waals surface area contributed by atoms with E-state index in [0.29, 0.717) is 34.3 Å². The zero-order valence-electron chi connectivity index (χ0n) is 16.2. The third-order valence-electron chi connectivity index (χ3n) is 5.28. The fourth-order valence-electron chi connectivity index (χ4n) is 3.93. The Labute approximate surface area is 187 Å². The number of rotatable bonds is 4. The summed E-state index contributed by atoms with van der Waals surface area (Å²) >= 11 is 12.2. The van der Waals surface area contributed by atoms with Gasteiger partial charge in [0.25, 0.3) is 5.91 Å². The lowest BCUT2D eigenvalue weighted by molar-refractivity contribution is 0.0993. The number of aromatic nitrogens is 2. The molecule has 1 aromatic heterocycles. The van der Waals surface area contributed by atoms with Gasteiger partial charge in [0.2, 0.25) is 0 Å². The van der Waals surface area contributed by atoms with E-state index in [-0.39, 0.29) is 17.8 Å². The van der Waals surface area contributed by atoms with Gasteiger partial charge in [-0.15, -0.1) is 0 Å². The molecule has 1 atom stereocenters. The van der Waals surface area contributed by atoms with Crippen molar-refractivity contribution in [1.82, 2.24) is 14.7 Å². The molecule has 0 spiro atoms. The molecular weight excluding hydrogens is 444 g/mol. The van der Waals surface area contributed by atoms with Crippen LogP contribution in [0.3, 0.4) is 0 Å². The zero-order chi connectivity index (χ0) is 22.3. The summed E-state index contributed by atoms with van der Waals surface area (Å²) in [5.74, 6) is -1.20. The van der Waals surface area contributed by atoms with Crippen LogP contribution in [0.2, 0.25) is 10.0 Å². The Kier molecular flexibility index (Phi) is 5.60. The Morgan fingerprint density at radius 2 is 1.87 bits per heavy atom. The van der Waals surface area contributed by atoms with E-state index < -0.39 is 23.8 Å². The summed E-state index contributed by atoms with van der Waals surface area (Å²) < 4.78 is 15.5. The van der Waals surface area contributed by atoms with Gasteiger partial charge in [0, 0.05) is 12.1 Å². The number of nitrogens with zero attached hydrogens (tertiary/aromatic N) is 3. The number of hydrogen-bond donors (Lipinski definition) is 2. The van der Waals surface area contributed by atoms with Gasteiger partial charge >= 0.3 is 6.03 Å². The Balaban J connectivity index is 1.88. The van der Waals surface area contributed by atoms with E-state index in [2.05, 4.69) is 5.10 Å². The predicted octanol–water partition coefficient (Wildman–Crippen LogP) is 3.77. The predicted molar refractivity (Wildman–Crippen MR) is 115 cm³/mol. The number of benzene rings is 2. The molecule has 1 aliphatic rings. The second-order valence-corrected chi connectivity index (χ2v) is 8.02. The molecule has 31 heavy (non-hydrogen) atoms. The Hall–Kier alpha value is -3.10. The van der Waals surface area contributed by atoms with Crippen molar-refractivity contribution in [2.24, 2.45) is 11.5 Å². The lowest BCUT2D eigenvalue weighted by Crippen LogP contribution is -2.46. The summed E-state index contributed by atoms with van der Waals surface area (Å²) in [7, 11) is 0. The van der Waals surface area contributed by atoms with Crippen LogP contribution in [-0.2, 0) is 13.0 Å². The average molecular weight is 462 g/mol. The lowest BCUT2D eigenvalue weighted by atomic mass is 9.95. The normalized spacial score (nSPS) is 15.6. The zero-order valence-corrected chi connectivity index (χ0v) is 17.7. The van der Waals surface area contributed by atoms with Crippen molar-refractivity contribution < 1.29 is 14.0 Å². The van der Waals surface area contributed by atoms with Crippen molar-refractivity contribution in [1.29, 1.82) is 0 Å². The highest BCUT2D eigenvalue weighted by molar-refractivity contribution is 6.42. The van der Waals surface area contributed by atoms with Gasteiger partial charge in [-0.2, -0.15) is 5.10 Å². The van der Waals surface area contributed by atoms with Crippen molar-refractivity contribution in [3.8, 4) is 11.3 Å². The number of fused-ring (bicyclic) bond motifs is 1. The second kappa shape index (κ2) is 8.20. The van der Waals surface area contributed by atoms with Crippen molar-refractivity contribution in [3.05, 3.63) is 75.1 Å². The first kappa shape index (κ1) is 21.1. The van der Waals surface area contributed by atoms with Gasteiger partial charge in [-0.05, 0) is 36.2 Å². The van der Waals surface area contributed by atoms with Crippen LogP contribution in [0, 0.1) is 5.82 Å². The smallest absolute Gasteiger partial charge is 0.315 e. The number of nitrogens with two attached hydrogens (primary N) is 2. The highest BCUT2D eigenvalue weighted by atomic mass is 35.5. The number of hydrogen-bond acceptors (Lipinski definition) is 3. The van der Waals surface area contributed by atoms with Crippen molar-refractivity contribution in [3.63, 3.8) is 0 Å². The van der Waals surface area contributed by atoms with Gasteiger partial charge in [0.05, 0.1) is 33.9 Å². The van der Waals surface area contributed by atoms with Gasteiger partial charge in [-0.3, -0.25) is 9.48 Å². The van der Waals surface area contributed by atoms with Crippen molar-refractivity contribution in [2.75, 3.05) is 6.54 Å². The summed E-state index contributed by atoms with van der Waals surface area (Å²) in [6.45, 7) is 0.600. The molecule has 4 rings (SSSR count). The van der Waals surface area contributed by atoms with Gasteiger partial charge in [0.1, 0.15) is 11.5 Å². The summed E-state index contributed by atoms with van der Waals surface area (Å²) in [5.41, 5.74) is 13.4. The first-order valence-electron chi connectivity index (χ1n) is 9.42. The van der Waals surface area contributed by atoms with Crippen LogP contribution in [0.25, 0.3) is 11.3 Å². The van der Waals surface area contributed by atoms with Gasteiger partial charge in [-0.1, -0.05) is 41.4 Å². The Bertz CT molecular complexity index is 1200. The van der Waals surface area contributed by atoms with E-state index in [1.807, 2.05) is 0 Å². The number of halogens is 3. The summed E-state index contributed by atoms with van der Waals surface area (Å²) in [4.78, 5) is 26.1. The molecule has 0 radical (unpaired) electrons. The maximum Gasteiger partial charge on any atom is 0.315 e. The van der Waals surface area contributed by atoms with Crippen molar-refractivity contribution in [2.45, 2.75) is 19.0 Å². The molecule has 0 aliphatic carbocycles. The van der Waals surface area contributed by atoms with Crippen LogP contribution < -0.4 is 11.5 Å². The largest absolute Gasteiger partial charge is 0.365 e. The summed E-state index contributed by atoms with van der Waals surface area (Å²) in [6.07, 6.45) is 0.300. The number of carbonyl (C=O) groups excluding carboxylic acids is 2. The second-order valence-electron chi connectivity index (χ2n) is 7.21. The minimum Gasteiger partial charge on any atom is -0.365 e. The topological polar surface area (TPSA) is 107 Å². The molecule has 0 bridgehead atoms. The molecule has 10 heteroatoms. The average Bonchev–Trinajstić information content (AvgIpc) is 3.11. The molecule has 7 nitrogen and oxygen atoms in total. The van der Waals surface area contributed by atoms with Crippen LogP contribution >= 0.6 is 23.2 Å². The first-order valence-corrected chi connectivity index (χ1v) is 10.2. The van der Waals surface area contributed by atoms with Gasteiger partial charge < -0.3 is 16.4 Å². The highest BCUT2D eigenvalue weighted by Gasteiger charge is 2.37. The minimum absolute atomic E-state index is 0.126. The first-order chi connectivity index (χ1) is 14.8. The molecule has 160 valence electrons. The van der Waals surface area contributed by atoms with Gasteiger partial charge in [0.15, 0.2) is 0 Å². The van der Waals surface area contributed by atoms with E-state index >= 15 is 0 Å². The SMILES string of the molecule is NC(=O)c1c(-c2cccc(F)c2)nn2c1C(Cc1ccc(Cl)c(Cl)c1)N(C(N)=O)CC2. The molecule has 3 amide bonds. The molecule has 0 saturated carbocycles. The van der Waals surface area contributed by atoms with Gasteiger partial charge in [-0.25, -0.2) is 9.18 Å². The van der Waals surface area contributed by atoms with E-state index in [0.717, 1.165) is 5.56 Å². The van der Waals surface area contributed by atoms with E-state index in [1.165, 1.54) is 23.1 Å². The van der Waals surface area contributed by atoms with Crippen LogP contribution in [0.15, 0.2) is 42.5 Å². The minimum atomic E-state index is -0.731. The van der Waals surface area contributed by atoms with Crippen molar-refractivity contribution >= 4 is 35.1 Å². The molecule has 1 unspecified atom stereocenters. The fraction of sp³-hybridized carbons (Fsp3) is 0.190. The molecule has 2 aromatic carbocycles. The molecule has 1 aliphatic heterocycles. The monoisotopic (exact) mass is 461 g/mol. The maximum atomic E-state index is 13.8. The Morgan fingerprint density at radius 1 is 1.10 bits per heavy atom. The highest BCUT2D eigenvalue weighted by Crippen LogP contribution is 2.37. The van der Waals surface area contributed by atoms with Crippen LogP contribution in [0.5, 0.6) is 0 Å². The fourth-order valence-corrected chi connectivity index (χ4v) is 4.25. The number of primary amides is 2. The lowest BCUT2D eigenvalue weighted by Gasteiger charge is -2.35. The third kappa shape index (κ3) is 3.96. The Morgan fingerprint density at radius 3 is 2.52 bits per heavy atom. The molecule has 0 fully saturated rings. The van der Waals surface area contributed by atoms with Crippen LogP contribution in [0.1, 0.15) is 27.7 Å². The molecule has 0 saturated heterocycles. The van der Waals surface area contributed by atoms with E-state index in [9.17, 15) is 14.0 Å². The van der Waals surface area contributed by atoms with Crippen LogP contribution in [-0.4, -0.2) is 33.2 Å². The van der Waals surface area contributed by atoms with E-state index in [4.69, 9.17) is 34.7 Å². The molecular formula is C21H18Cl2FN5O2. The summed E-state index contributed by atoms with van der Waals surface area (Å²) in [5, 5.41) is 5.29. The molecule has 4 N–H and O–H groups in total. The standard InChI is InChI=1S/C21H18Cl2FN5O2/c22-14-5-4-11(8-15(14)23)9-16-19-17(20(25)30)18(12-2-1-3-13(24)10-12)27-29(19)7-6-28(16)21(26)31/h1-5,8,10,16H,6-7,9H2,(H2,25,30)(H2,26,31). The van der Waals surface area contributed by atoms with E-state index in [1.54, 1.807) is 28.9 Å². The maximum absolute atomic E-state index is 13.8. The molecule has 2 heterocycles. The number of carbonyl (C=O) groups is 2. The quantitative estimate of drug-likeness (QED) is 0.616. The number of urea groups is 1.